The summed E-state index contributed by atoms with van der Waals surface area (Å²) in [5.74, 6) is 2.39. The molecule has 1 aromatic carbocycles. The first-order valence-electron chi connectivity index (χ1n) is 9.26. The molecule has 0 heterocycles. The van der Waals surface area contributed by atoms with Gasteiger partial charge in [0, 0.05) is 5.56 Å². The summed E-state index contributed by atoms with van der Waals surface area (Å²) >= 11 is 6.18. The summed E-state index contributed by atoms with van der Waals surface area (Å²) in [6, 6.07) is 3.91. The minimum absolute atomic E-state index is 0.220. The van der Waals surface area contributed by atoms with Crippen molar-refractivity contribution in [3.63, 3.8) is 0 Å². The minimum Gasteiger partial charge on any atom is -0.205 e. The highest BCUT2D eigenvalue weighted by Crippen LogP contribution is 2.42. The molecule has 2 heteroatoms. The number of rotatable bonds is 3. The first-order valence-corrected chi connectivity index (χ1v) is 9.64. The Morgan fingerprint density at radius 1 is 1.09 bits per heavy atom. The van der Waals surface area contributed by atoms with Gasteiger partial charge in [0.15, 0.2) is 0 Å². The molecule has 0 bridgehead atoms. The highest BCUT2D eigenvalue weighted by molar-refractivity contribution is 6.31. The zero-order chi connectivity index (χ0) is 16.4. The molecular weight excluding hydrogens is 307 g/mol. The van der Waals surface area contributed by atoms with Gasteiger partial charge in [-0.1, -0.05) is 56.5 Å². The van der Waals surface area contributed by atoms with Gasteiger partial charge in [0.2, 0.25) is 0 Å². The van der Waals surface area contributed by atoms with Crippen LogP contribution in [0.2, 0.25) is 5.02 Å². The highest BCUT2D eigenvalue weighted by Gasteiger charge is 2.28. The van der Waals surface area contributed by atoms with Crippen LogP contribution in [0.25, 0.3) is 5.57 Å². The molecule has 0 spiro atoms. The predicted molar refractivity (Wildman–Crippen MR) is 97.2 cm³/mol. The number of halogens is 2. The number of hydrogen-bond acceptors (Lipinski definition) is 0. The van der Waals surface area contributed by atoms with Crippen LogP contribution in [-0.2, 0) is 6.42 Å². The molecule has 23 heavy (non-hydrogen) atoms. The van der Waals surface area contributed by atoms with Gasteiger partial charge in [-0.3, -0.25) is 0 Å². The van der Waals surface area contributed by atoms with Crippen LogP contribution in [0.4, 0.5) is 4.39 Å². The Balaban J connectivity index is 1.71. The van der Waals surface area contributed by atoms with Gasteiger partial charge in [0.25, 0.3) is 0 Å². The maximum atomic E-state index is 14.6. The van der Waals surface area contributed by atoms with Crippen molar-refractivity contribution in [2.75, 3.05) is 0 Å². The third kappa shape index (κ3) is 3.65. The first-order chi connectivity index (χ1) is 11.1. The number of aryl methyl sites for hydroxylation is 1. The van der Waals surface area contributed by atoms with Crippen molar-refractivity contribution in [3.05, 3.63) is 40.2 Å². The topological polar surface area (TPSA) is 0 Å². The molecule has 0 N–H and O–H groups in total. The third-order valence-corrected chi connectivity index (χ3v) is 6.48. The van der Waals surface area contributed by atoms with Crippen molar-refractivity contribution in [2.45, 2.75) is 65.2 Å². The zero-order valence-corrected chi connectivity index (χ0v) is 15.1. The van der Waals surface area contributed by atoms with Gasteiger partial charge < -0.3 is 0 Å². The summed E-state index contributed by atoms with van der Waals surface area (Å²) in [5, 5.41) is 0.314. The van der Waals surface area contributed by atoms with E-state index < -0.39 is 0 Å². The lowest BCUT2D eigenvalue weighted by Gasteiger charge is -2.34. The standard InChI is InChI=1S/C21H28ClF/c1-3-15-12-13-19(21(23)20(15)22)18-10-8-17(9-11-18)16-6-4-14(2)5-7-16/h10,12-14,16-17H,3-9,11H2,1-2H3. The van der Waals surface area contributed by atoms with Crippen molar-refractivity contribution in [3.8, 4) is 0 Å². The van der Waals surface area contributed by atoms with E-state index in [1.807, 2.05) is 19.1 Å². The van der Waals surface area contributed by atoms with E-state index in [4.69, 9.17) is 11.6 Å². The van der Waals surface area contributed by atoms with Crippen LogP contribution >= 0.6 is 11.6 Å². The normalized spacial score (nSPS) is 28.5. The Bertz CT molecular complexity index is 582. The molecule has 0 radical (unpaired) electrons. The van der Waals surface area contributed by atoms with Crippen LogP contribution in [-0.4, -0.2) is 0 Å². The van der Waals surface area contributed by atoms with Gasteiger partial charge in [0.1, 0.15) is 5.82 Å². The molecule has 1 fully saturated rings. The monoisotopic (exact) mass is 334 g/mol. The lowest BCUT2D eigenvalue weighted by atomic mass is 9.71. The van der Waals surface area contributed by atoms with E-state index in [-0.39, 0.29) is 5.82 Å². The molecule has 0 aliphatic heterocycles. The Morgan fingerprint density at radius 2 is 1.83 bits per heavy atom. The molecule has 1 saturated carbocycles. The molecule has 3 rings (SSSR count). The van der Waals surface area contributed by atoms with Crippen LogP contribution < -0.4 is 0 Å². The molecular formula is C21H28ClF. The fourth-order valence-corrected chi connectivity index (χ4v) is 4.69. The van der Waals surface area contributed by atoms with Gasteiger partial charge in [-0.05, 0) is 67.4 Å². The third-order valence-electron chi connectivity index (χ3n) is 6.07. The molecule has 0 saturated heterocycles. The minimum atomic E-state index is -0.220. The van der Waals surface area contributed by atoms with Crippen molar-refractivity contribution < 1.29 is 4.39 Å². The lowest BCUT2D eigenvalue weighted by Crippen LogP contribution is -2.22. The summed E-state index contributed by atoms with van der Waals surface area (Å²) in [5.41, 5.74) is 2.79. The maximum absolute atomic E-state index is 14.6. The summed E-state index contributed by atoms with van der Waals surface area (Å²) in [6.07, 6.45) is 11.9. The van der Waals surface area contributed by atoms with Gasteiger partial charge in [-0.15, -0.1) is 0 Å². The average molecular weight is 335 g/mol. The Hall–Kier alpha value is -0.820. The molecule has 2 aliphatic rings. The van der Waals surface area contributed by atoms with Crippen LogP contribution in [0.3, 0.4) is 0 Å². The molecule has 0 aromatic heterocycles. The van der Waals surface area contributed by atoms with Gasteiger partial charge in [-0.25, -0.2) is 4.39 Å². The van der Waals surface area contributed by atoms with Crippen molar-refractivity contribution in [2.24, 2.45) is 17.8 Å². The molecule has 0 nitrogen and oxygen atoms in total. The van der Waals surface area contributed by atoms with Crippen LogP contribution in [0.5, 0.6) is 0 Å². The van der Waals surface area contributed by atoms with E-state index in [1.54, 1.807) is 0 Å². The largest absolute Gasteiger partial charge is 0.205 e. The van der Waals surface area contributed by atoms with E-state index in [0.717, 1.165) is 53.7 Å². The van der Waals surface area contributed by atoms with E-state index in [0.29, 0.717) is 5.02 Å². The van der Waals surface area contributed by atoms with Crippen LogP contribution in [0.1, 0.15) is 69.9 Å². The smallest absolute Gasteiger partial charge is 0.149 e. The quantitative estimate of drug-likeness (QED) is 0.555. The molecule has 126 valence electrons. The summed E-state index contributed by atoms with van der Waals surface area (Å²) in [7, 11) is 0. The van der Waals surface area contributed by atoms with E-state index in [2.05, 4.69) is 13.0 Å². The first kappa shape index (κ1) is 17.0. The second-order valence-corrected chi connectivity index (χ2v) is 7.92. The Kier molecular flexibility index (Phi) is 5.46. The van der Waals surface area contributed by atoms with Gasteiger partial charge in [-0.2, -0.15) is 0 Å². The lowest BCUT2D eigenvalue weighted by molar-refractivity contribution is 0.202. The Labute approximate surface area is 145 Å². The predicted octanol–water partition coefficient (Wildman–Crippen LogP) is 7.05. The van der Waals surface area contributed by atoms with E-state index >= 15 is 0 Å². The molecule has 1 unspecified atom stereocenters. The summed E-state index contributed by atoms with van der Waals surface area (Å²) < 4.78 is 14.6. The Morgan fingerprint density at radius 3 is 2.43 bits per heavy atom. The van der Waals surface area contributed by atoms with Crippen LogP contribution in [0.15, 0.2) is 18.2 Å². The highest BCUT2D eigenvalue weighted by atomic mass is 35.5. The summed E-state index contributed by atoms with van der Waals surface area (Å²) in [6.45, 7) is 4.39. The van der Waals surface area contributed by atoms with Crippen molar-refractivity contribution in [1.29, 1.82) is 0 Å². The zero-order valence-electron chi connectivity index (χ0n) is 14.4. The van der Waals surface area contributed by atoms with Gasteiger partial charge in [0.05, 0.1) is 5.02 Å². The molecule has 1 aromatic rings. The van der Waals surface area contributed by atoms with Crippen LogP contribution in [0, 0.1) is 23.6 Å². The number of benzene rings is 1. The van der Waals surface area contributed by atoms with E-state index in [9.17, 15) is 4.39 Å². The number of allylic oxidation sites excluding steroid dienone is 2. The van der Waals surface area contributed by atoms with Crippen molar-refractivity contribution in [1.82, 2.24) is 0 Å². The second kappa shape index (κ2) is 7.38. The van der Waals surface area contributed by atoms with Crippen molar-refractivity contribution >= 4 is 17.2 Å². The fraction of sp³-hybridized carbons (Fsp3) is 0.619. The SMILES string of the molecule is CCc1ccc(C2=CCC(C3CCC(C)CC3)CC2)c(F)c1Cl. The summed E-state index contributed by atoms with van der Waals surface area (Å²) in [4.78, 5) is 0. The average Bonchev–Trinajstić information content (AvgIpc) is 2.58. The fourth-order valence-electron chi connectivity index (χ4n) is 4.39. The molecule has 2 aliphatic carbocycles. The second-order valence-electron chi connectivity index (χ2n) is 7.54. The molecule has 1 atom stereocenters. The van der Waals surface area contributed by atoms with Gasteiger partial charge >= 0.3 is 0 Å². The molecule has 0 amide bonds. The van der Waals surface area contributed by atoms with E-state index in [1.165, 1.54) is 32.1 Å². The maximum Gasteiger partial charge on any atom is 0.149 e. The number of hydrogen-bond donors (Lipinski definition) is 0.